The molecule has 0 bridgehead atoms. The molecule has 5 atom stereocenters. The Morgan fingerprint density at radius 3 is 1.97 bits per heavy atom. The average Bonchev–Trinajstić information content (AvgIpc) is 2.84. The van der Waals surface area contributed by atoms with Gasteiger partial charge in [0.2, 0.25) is 11.8 Å². The van der Waals surface area contributed by atoms with Gasteiger partial charge in [0.1, 0.15) is 24.4 Å². The zero-order chi connectivity index (χ0) is 28.5. The molecule has 1 aliphatic rings. The Morgan fingerprint density at radius 1 is 0.947 bits per heavy atom. The van der Waals surface area contributed by atoms with E-state index >= 15 is 0 Å². The molecule has 1 aliphatic heterocycles. The second-order valence-electron chi connectivity index (χ2n) is 8.46. The van der Waals surface area contributed by atoms with Crippen LogP contribution in [0.4, 0.5) is 17.1 Å². The lowest BCUT2D eigenvalue weighted by atomic mass is 9.96. The average molecular weight is 866 g/mol. The molecule has 0 radical (unpaired) electrons. The predicted octanol–water partition coefficient (Wildman–Crippen LogP) is 1.20. The number of carbonyl (C=O) groups is 3. The maximum atomic E-state index is 13.0. The van der Waals surface area contributed by atoms with Crippen molar-refractivity contribution in [3.05, 3.63) is 34.5 Å². The minimum Gasteiger partial charge on any atom is -0.398 e. The first-order chi connectivity index (χ1) is 17.8. The lowest BCUT2D eigenvalue weighted by Gasteiger charge is -2.40. The van der Waals surface area contributed by atoms with E-state index in [1.165, 1.54) is 19.9 Å². The maximum Gasteiger partial charge on any atom is 0.253 e. The Bertz CT molecular complexity index is 1230. The Morgan fingerprint density at radius 2 is 1.50 bits per heavy atom. The van der Waals surface area contributed by atoms with E-state index in [4.69, 9.17) is 10.5 Å². The van der Waals surface area contributed by atoms with Crippen LogP contribution in [0, 0.1) is 10.7 Å². The molecule has 3 amide bonds. The smallest absolute Gasteiger partial charge is 0.253 e. The highest BCUT2D eigenvalue weighted by Gasteiger charge is 2.44. The molecule has 0 spiro atoms. The van der Waals surface area contributed by atoms with Gasteiger partial charge in [0.05, 0.1) is 27.1 Å². The van der Waals surface area contributed by atoms with Crippen LogP contribution in [0.5, 0.6) is 0 Å². The molecular formula is C23H25I3N4O8. The van der Waals surface area contributed by atoms with Crippen LogP contribution in [0.15, 0.2) is 18.2 Å². The van der Waals surface area contributed by atoms with E-state index in [9.17, 15) is 34.8 Å². The van der Waals surface area contributed by atoms with E-state index in [1.54, 1.807) is 12.1 Å². The molecule has 2 aromatic rings. The van der Waals surface area contributed by atoms with Crippen LogP contribution >= 0.6 is 67.8 Å². The van der Waals surface area contributed by atoms with Crippen LogP contribution in [0.1, 0.15) is 24.2 Å². The maximum absolute atomic E-state index is 13.0. The van der Waals surface area contributed by atoms with Crippen LogP contribution in [0.2, 0.25) is 0 Å². The van der Waals surface area contributed by atoms with Crippen LogP contribution in [0.3, 0.4) is 0 Å². The van der Waals surface area contributed by atoms with E-state index in [0.717, 1.165) is 0 Å². The molecule has 12 nitrogen and oxygen atoms in total. The molecule has 38 heavy (non-hydrogen) atoms. The first kappa shape index (κ1) is 31.2. The predicted molar refractivity (Wildman–Crippen MR) is 164 cm³/mol. The SMILES string of the molecule is CC(=O)Nc1c(I)c(NC(C)=O)c(I)c(-c2ccc(C(=O)NC3C(O)OC(CO)C(O)C3O)c(N)c2)c1I. The van der Waals surface area contributed by atoms with Gasteiger partial charge in [-0.15, -0.1) is 0 Å². The minimum atomic E-state index is -1.68. The lowest BCUT2D eigenvalue weighted by Crippen LogP contribution is -2.64. The van der Waals surface area contributed by atoms with Gasteiger partial charge < -0.3 is 46.8 Å². The number of nitrogen functional groups attached to an aromatic ring is 1. The fourth-order valence-corrected chi connectivity index (χ4v) is 8.22. The summed E-state index contributed by atoms with van der Waals surface area (Å²) in [6.45, 7) is 2.12. The first-order valence-corrected chi connectivity index (χ1v) is 14.3. The van der Waals surface area contributed by atoms with Gasteiger partial charge >= 0.3 is 0 Å². The van der Waals surface area contributed by atoms with Crippen molar-refractivity contribution < 1.29 is 39.5 Å². The van der Waals surface area contributed by atoms with Gasteiger partial charge in [0, 0.05) is 32.2 Å². The first-order valence-electron chi connectivity index (χ1n) is 11.0. The van der Waals surface area contributed by atoms with Crippen LogP contribution < -0.4 is 21.7 Å². The number of anilines is 3. The van der Waals surface area contributed by atoms with E-state index < -0.39 is 43.2 Å². The molecule has 1 fully saturated rings. The van der Waals surface area contributed by atoms with E-state index in [-0.39, 0.29) is 23.1 Å². The highest BCUT2D eigenvalue weighted by molar-refractivity contribution is 14.1. The number of benzene rings is 2. The summed E-state index contributed by atoms with van der Waals surface area (Å²) in [4.78, 5) is 36.7. The molecule has 1 heterocycles. The molecular weight excluding hydrogens is 841 g/mol. The van der Waals surface area contributed by atoms with E-state index in [2.05, 4.69) is 83.7 Å². The van der Waals surface area contributed by atoms with Crippen LogP contribution in [-0.4, -0.2) is 75.4 Å². The standard InChI is InChI=1S/C23H25I3N4O8/c1-7(32)28-17-14(24)13(15(25)18(16(17)26)29-8(2)33)9-3-4-10(11(27)5-9)22(36)30-19-21(35)20(34)12(6-31)38-23(19)37/h3-5,12,19-21,23,31,34-35,37H,6,27H2,1-2H3,(H,28,32)(H,29,33)(H,30,36). The summed E-state index contributed by atoms with van der Waals surface area (Å²) in [5.41, 5.74) is 8.63. The summed E-state index contributed by atoms with van der Waals surface area (Å²) < 4.78 is 7.10. The summed E-state index contributed by atoms with van der Waals surface area (Å²) in [5, 5.41) is 47.8. The largest absolute Gasteiger partial charge is 0.398 e. The fraction of sp³-hybridized carbons (Fsp3) is 0.348. The third-order valence-corrected chi connectivity index (χ3v) is 8.94. The third-order valence-electron chi connectivity index (χ3n) is 5.70. The van der Waals surface area contributed by atoms with Crippen molar-refractivity contribution >= 4 is 103 Å². The summed E-state index contributed by atoms with van der Waals surface area (Å²) in [5.74, 6) is -1.32. The number of carbonyl (C=O) groups excluding carboxylic acids is 3. The van der Waals surface area contributed by atoms with E-state index in [1.807, 2.05) is 0 Å². The summed E-state index contributed by atoms with van der Waals surface area (Å²) in [6.07, 6.45) is -6.02. The molecule has 1 saturated heterocycles. The zero-order valence-electron chi connectivity index (χ0n) is 20.0. The number of nitrogens with two attached hydrogens (primary N) is 1. The Kier molecular flexibility index (Phi) is 10.6. The molecule has 206 valence electrons. The molecule has 15 heteroatoms. The van der Waals surface area contributed by atoms with Crippen molar-refractivity contribution in [2.24, 2.45) is 0 Å². The number of aliphatic hydroxyl groups is 4. The zero-order valence-corrected chi connectivity index (χ0v) is 26.4. The van der Waals surface area contributed by atoms with Gasteiger partial charge in [-0.25, -0.2) is 0 Å². The normalized spacial score (nSPS) is 23.0. The monoisotopic (exact) mass is 866 g/mol. The minimum absolute atomic E-state index is 0.0339. The number of ether oxygens (including phenoxy) is 1. The summed E-state index contributed by atoms with van der Waals surface area (Å²) in [6, 6.07) is 3.26. The van der Waals surface area contributed by atoms with Crippen molar-refractivity contribution in [1.29, 1.82) is 0 Å². The number of hydrogen-bond acceptors (Lipinski definition) is 9. The van der Waals surface area contributed by atoms with Gasteiger partial charge in [-0.05, 0) is 85.5 Å². The second-order valence-corrected chi connectivity index (χ2v) is 11.7. The Labute approximate surface area is 258 Å². The summed E-state index contributed by atoms with van der Waals surface area (Å²) >= 11 is 6.24. The number of aliphatic hydroxyl groups excluding tert-OH is 4. The van der Waals surface area contributed by atoms with Crippen molar-refractivity contribution in [2.75, 3.05) is 23.0 Å². The van der Waals surface area contributed by atoms with Crippen molar-refractivity contribution in [1.82, 2.24) is 5.32 Å². The molecule has 2 aromatic carbocycles. The lowest BCUT2D eigenvalue weighted by molar-refractivity contribution is -0.252. The number of amides is 3. The Hall–Kier alpha value is -1.36. The van der Waals surface area contributed by atoms with Gasteiger partial charge in [0.15, 0.2) is 6.29 Å². The topological polar surface area (TPSA) is 203 Å². The molecule has 0 saturated carbocycles. The van der Waals surface area contributed by atoms with Crippen molar-refractivity contribution in [3.63, 3.8) is 0 Å². The second kappa shape index (κ2) is 12.9. The highest BCUT2D eigenvalue weighted by Crippen LogP contribution is 2.44. The highest BCUT2D eigenvalue weighted by atomic mass is 127. The van der Waals surface area contributed by atoms with Crippen molar-refractivity contribution in [3.8, 4) is 11.1 Å². The van der Waals surface area contributed by atoms with Gasteiger partial charge in [0.25, 0.3) is 5.91 Å². The third kappa shape index (κ3) is 6.50. The van der Waals surface area contributed by atoms with Crippen LogP contribution in [0.25, 0.3) is 11.1 Å². The molecule has 3 rings (SSSR count). The van der Waals surface area contributed by atoms with Gasteiger partial charge in [-0.2, -0.15) is 0 Å². The van der Waals surface area contributed by atoms with Gasteiger partial charge in [-0.1, -0.05) is 6.07 Å². The molecule has 9 N–H and O–H groups in total. The van der Waals surface area contributed by atoms with Gasteiger partial charge in [-0.3, -0.25) is 14.4 Å². The summed E-state index contributed by atoms with van der Waals surface area (Å²) in [7, 11) is 0. The molecule has 5 unspecified atom stereocenters. The van der Waals surface area contributed by atoms with Crippen LogP contribution in [-0.2, 0) is 14.3 Å². The number of halogens is 3. The fourth-order valence-electron chi connectivity index (χ4n) is 3.90. The van der Waals surface area contributed by atoms with E-state index in [0.29, 0.717) is 33.2 Å². The quantitative estimate of drug-likeness (QED) is 0.155. The Balaban J connectivity index is 1.99. The molecule has 0 aliphatic carbocycles. The number of nitrogens with one attached hydrogen (secondary N) is 3. The number of hydrogen-bond donors (Lipinski definition) is 8. The van der Waals surface area contributed by atoms with Crippen molar-refractivity contribution in [2.45, 2.75) is 44.5 Å². The molecule has 0 aromatic heterocycles. The number of rotatable bonds is 6.